The standard InChI is InChI=1S/C34H52O5S/c1-22-9-12-27(13-10-22)40(37,38)39-21-23(2)7-6-8-24(3)32-31(36)20-30-28-14-11-25-19-26(35)15-17-33(25,4)29(28)16-18-34(30,32)5/h9-13,23-24,26,28-32,35-36H,6-8,14-21H2,1-5H3/t23-,24-,26+,28-,29+,30+,31+,32+,33+,34+/m1/s1. The highest BCUT2D eigenvalue weighted by Crippen LogP contribution is 2.67. The molecular weight excluding hydrogens is 520 g/mol. The summed E-state index contributed by atoms with van der Waals surface area (Å²) in [5, 5.41) is 21.7. The molecule has 40 heavy (non-hydrogen) atoms. The van der Waals surface area contributed by atoms with Gasteiger partial charge in [0, 0.05) is 0 Å². The van der Waals surface area contributed by atoms with E-state index in [1.165, 1.54) is 18.4 Å². The van der Waals surface area contributed by atoms with Crippen molar-refractivity contribution in [3.63, 3.8) is 0 Å². The van der Waals surface area contributed by atoms with E-state index in [1.807, 2.05) is 6.92 Å². The van der Waals surface area contributed by atoms with Gasteiger partial charge in [-0.05, 0) is 117 Å². The predicted molar refractivity (Wildman–Crippen MR) is 159 cm³/mol. The lowest BCUT2D eigenvalue weighted by molar-refractivity contribution is -0.0620. The average Bonchev–Trinajstić information content (AvgIpc) is 3.18. The molecule has 5 rings (SSSR count). The largest absolute Gasteiger partial charge is 0.393 e. The van der Waals surface area contributed by atoms with Crippen molar-refractivity contribution in [2.45, 2.75) is 116 Å². The van der Waals surface area contributed by atoms with Crippen LogP contribution in [-0.2, 0) is 14.3 Å². The van der Waals surface area contributed by atoms with Crippen LogP contribution in [-0.4, -0.2) is 37.4 Å². The van der Waals surface area contributed by atoms with Gasteiger partial charge in [0.05, 0.1) is 23.7 Å². The molecule has 0 unspecified atom stereocenters. The third kappa shape index (κ3) is 5.59. The Balaban J connectivity index is 1.16. The van der Waals surface area contributed by atoms with Crippen molar-refractivity contribution in [1.82, 2.24) is 0 Å². The summed E-state index contributed by atoms with van der Waals surface area (Å²) in [5.74, 6) is 2.78. The van der Waals surface area contributed by atoms with Gasteiger partial charge in [-0.1, -0.05) is 69.9 Å². The molecule has 3 saturated carbocycles. The number of aliphatic hydroxyl groups excluding tert-OH is 2. The highest BCUT2D eigenvalue weighted by Gasteiger charge is 2.61. The molecule has 5 nitrogen and oxygen atoms in total. The maximum absolute atomic E-state index is 12.6. The van der Waals surface area contributed by atoms with Crippen LogP contribution in [0, 0.1) is 53.3 Å². The molecule has 1 aromatic carbocycles. The summed E-state index contributed by atoms with van der Waals surface area (Å²) in [5.41, 5.74) is 2.92. The van der Waals surface area contributed by atoms with Gasteiger partial charge in [0.1, 0.15) is 0 Å². The number of hydrogen-bond donors (Lipinski definition) is 2. The van der Waals surface area contributed by atoms with Crippen LogP contribution in [0.25, 0.3) is 0 Å². The SMILES string of the molecule is Cc1ccc(S(=O)(=O)OC[C@H](C)CCC[C@@H](C)[C@H]2[C@@H](O)C[C@H]3[C@@H]4CC=C5C[C@@H](O)CC[C@]5(C)[C@H]4CC[C@]23C)cc1. The van der Waals surface area contributed by atoms with Crippen molar-refractivity contribution in [3.05, 3.63) is 41.5 Å². The Labute approximate surface area is 242 Å². The quantitative estimate of drug-likeness (QED) is 0.245. The van der Waals surface area contributed by atoms with Gasteiger partial charge in [0.2, 0.25) is 0 Å². The van der Waals surface area contributed by atoms with Gasteiger partial charge in [-0.3, -0.25) is 4.18 Å². The zero-order chi connectivity index (χ0) is 28.9. The number of rotatable bonds is 9. The minimum absolute atomic E-state index is 0.151. The molecule has 10 atom stereocenters. The summed E-state index contributed by atoms with van der Waals surface area (Å²) in [6.07, 6.45) is 12.4. The Morgan fingerprint density at radius 3 is 2.48 bits per heavy atom. The van der Waals surface area contributed by atoms with Gasteiger partial charge in [0.25, 0.3) is 10.1 Å². The predicted octanol–water partition coefficient (Wildman–Crippen LogP) is 7.05. The molecule has 224 valence electrons. The molecule has 2 N–H and O–H groups in total. The van der Waals surface area contributed by atoms with Crippen LogP contribution in [0.1, 0.15) is 97.5 Å². The molecule has 0 spiro atoms. The van der Waals surface area contributed by atoms with E-state index >= 15 is 0 Å². The molecular formula is C34H52O5S. The molecule has 4 aliphatic rings. The van der Waals surface area contributed by atoms with Gasteiger partial charge >= 0.3 is 0 Å². The van der Waals surface area contributed by atoms with Gasteiger partial charge in [-0.15, -0.1) is 0 Å². The van der Waals surface area contributed by atoms with E-state index in [2.05, 4.69) is 33.8 Å². The molecule has 6 heteroatoms. The van der Waals surface area contributed by atoms with Crippen molar-refractivity contribution >= 4 is 10.1 Å². The van der Waals surface area contributed by atoms with E-state index in [1.54, 1.807) is 24.3 Å². The highest BCUT2D eigenvalue weighted by atomic mass is 32.2. The minimum Gasteiger partial charge on any atom is -0.393 e. The van der Waals surface area contributed by atoms with Crippen LogP contribution in [0.15, 0.2) is 40.8 Å². The Morgan fingerprint density at radius 2 is 1.75 bits per heavy atom. The Bertz CT molecular complexity index is 1180. The lowest BCUT2D eigenvalue weighted by Gasteiger charge is -2.58. The van der Waals surface area contributed by atoms with Crippen molar-refractivity contribution in [1.29, 1.82) is 0 Å². The van der Waals surface area contributed by atoms with Gasteiger partial charge in [-0.25, -0.2) is 0 Å². The fourth-order valence-electron chi connectivity index (χ4n) is 9.75. The number of aliphatic hydroxyl groups is 2. The first-order valence-corrected chi connectivity index (χ1v) is 17.3. The van der Waals surface area contributed by atoms with E-state index in [4.69, 9.17) is 4.18 Å². The Morgan fingerprint density at radius 1 is 1.02 bits per heavy atom. The number of fused-ring (bicyclic) bond motifs is 5. The molecule has 4 aliphatic carbocycles. The molecule has 0 heterocycles. The van der Waals surface area contributed by atoms with Crippen LogP contribution in [0.4, 0.5) is 0 Å². The molecule has 0 bridgehead atoms. The third-order valence-corrected chi connectivity index (χ3v) is 13.3. The molecule has 0 radical (unpaired) electrons. The van der Waals surface area contributed by atoms with Crippen LogP contribution in [0.5, 0.6) is 0 Å². The van der Waals surface area contributed by atoms with Gasteiger partial charge in [-0.2, -0.15) is 8.42 Å². The summed E-state index contributed by atoms with van der Waals surface area (Å²) in [6.45, 7) is 11.5. The normalized spacial score (nSPS) is 39.0. The number of allylic oxidation sites excluding steroid dienone is 1. The van der Waals surface area contributed by atoms with Gasteiger partial charge < -0.3 is 10.2 Å². The lowest BCUT2D eigenvalue weighted by Crippen LogP contribution is -2.51. The molecule has 0 aliphatic heterocycles. The maximum Gasteiger partial charge on any atom is 0.296 e. The zero-order valence-electron chi connectivity index (χ0n) is 25.3. The van der Waals surface area contributed by atoms with E-state index in [0.29, 0.717) is 29.6 Å². The van der Waals surface area contributed by atoms with Crippen LogP contribution < -0.4 is 0 Å². The zero-order valence-corrected chi connectivity index (χ0v) is 26.1. The molecule has 1 aromatic rings. The van der Waals surface area contributed by atoms with Crippen LogP contribution in [0.2, 0.25) is 0 Å². The van der Waals surface area contributed by atoms with E-state index in [-0.39, 0.29) is 40.5 Å². The van der Waals surface area contributed by atoms with Crippen LogP contribution >= 0.6 is 0 Å². The Kier molecular flexibility index (Phi) is 8.67. The number of benzene rings is 1. The summed E-state index contributed by atoms with van der Waals surface area (Å²) in [4.78, 5) is 0.214. The maximum atomic E-state index is 12.6. The molecule has 3 fully saturated rings. The van der Waals surface area contributed by atoms with Crippen molar-refractivity contribution < 1.29 is 22.8 Å². The fraction of sp³-hybridized carbons (Fsp3) is 0.765. The van der Waals surface area contributed by atoms with Crippen molar-refractivity contribution in [2.75, 3.05) is 6.61 Å². The number of hydrogen-bond acceptors (Lipinski definition) is 5. The molecule has 0 saturated heterocycles. The molecule has 0 aromatic heterocycles. The number of aryl methyl sites for hydroxylation is 1. The second-order valence-corrected chi connectivity index (χ2v) is 16.2. The first-order valence-electron chi connectivity index (χ1n) is 15.9. The first kappa shape index (κ1) is 30.3. The topological polar surface area (TPSA) is 83.8 Å². The van der Waals surface area contributed by atoms with Crippen molar-refractivity contribution in [3.8, 4) is 0 Å². The Hall–Kier alpha value is -1.21. The first-order chi connectivity index (χ1) is 18.8. The average molecular weight is 573 g/mol. The monoisotopic (exact) mass is 572 g/mol. The summed E-state index contributed by atoms with van der Waals surface area (Å²) >= 11 is 0. The second kappa shape index (κ2) is 11.5. The third-order valence-electron chi connectivity index (χ3n) is 12.0. The molecule has 0 amide bonds. The lowest BCUT2D eigenvalue weighted by atomic mass is 9.47. The summed E-state index contributed by atoms with van der Waals surface area (Å²) in [6, 6.07) is 6.79. The minimum atomic E-state index is -3.73. The fourth-order valence-corrected chi connectivity index (χ4v) is 10.8. The summed E-state index contributed by atoms with van der Waals surface area (Å²) in [7, 11) is -3.73. The smallest absolute Gasteiger partial charge is 0.296 e. The van der Waals surface area contributed by atoms with Crippen molar-refractivity contribution in [2.24, 2.45) is 46.3 Å². The summed E-state index contributed by atoms with van der Waals surface area (Å²) < 4.78 is 30.5. The van der Waals surface area contributed by atoms with E-state index < -0.39 is 10.1 Å². The van der Waals surface area contributed by atoms with E-state index in [0.717, 1.165) is 56.9 Å². The second-order valence-electron chi connectivity index (χ2n) is 14.6. The highest BCUT2D eigenvalue weighted by molar-refractivity contribution is 7.86. The van der Waals surface area contributed by atoms with E-state index in [9.17, 15) is 18.6 Å². The van der Waals surface area contributed by atoms with Gasteiger partial charge in [0.15, 0.2) is 0 Å². The van der Waals surface area contributed by atoms with Crippen LogP contribution in [0.3, 0.4) is 0 Å².